The number of sulfonamides is 1. The molecular formula is C13H17NO4S2. The predicted molar refractivity (Wildman–Crippen MR) is 78.9 cm³/mol. The van der Waals surface area contributed by atoms with Crippen LogP contribution in [0.5, 0.6) is 0 Å². The Bertz CT molecular complexity index is 634. The largest absolute Gasteiger partial charge is 0.478 e. The topological polar surface area (TPSA) is 83.5 Å². The van der Waals surface area contributed by atoms with Crippen molar-refractivity contribution in [3.05, 3.63) is 28.8 Å². The summed E-state index contributed by atoms with van der Waals surface area (Å²) in [5.74, 6) is 0.589. The van der Waals surface area contributed by atoms with Gasteiger partial charge in [0.15, 0.2) is 0 Å². The van der Waals surface area contributed by atoms with Gasteiger partial charge in [0.05, 0.1) is 10.5 Å². The fourth-order valence-electron chi connectivity index (χ4n) is 2.26. The quantitative estimate of drug-likeness (QED) is 0.885. The summed E-state index contributed by atoms with van der Waals surface area (Å²) in [7, 11) is -3.67. The zero-order chi connectivity index (χ0) is 14.9. The van der Waals surface area contributed by atoms with E-state index < -0.39 is 16.0 Å². The lowest BCUT2D eigenvalue weighted by Gasteiger charge is -2.15. The first-order valence-electron chi connectivity index (χ1n) is 6.26. The molecule has 1 aliphatic heterocycles. The summed E-state index contributed by atoms with van der Waals surface area (Å²) >= 11 is 1.71. The van der Waals surface area contributed by atoms with Gasteiger partial charge in [0.25, 0.3) is 0 Å². The highest BCUT2D eigenvalue weighted by molar-refractivity contribution is 7.99. The minimum absolute atomic E-state index is 0.0248. The van der Waals surface area contributed by atoms with Crippen molar-refractivity contribution in [3.8, 4) is 0 Å². The molecule has 7 heteroatoms. The van der Waals surface area contributed by atoms with Gasteiger partial charge in [-0.05, 0) is 43.2 Å². The molecule has 110 valence electrons. The van der Waals surface area contributed by atoms with E-state index in [1.54, 1.807) is 31.7 Å². The highest BCUT2D eigenvalue weighted by Crippen LogP contribution is 2.23. The highest BCUT2D eigenvalue weighted by atomic mass is 32.2. The lowest BCUT2D eigenvalue weighted by atomic mass is 10.1. The summed E-state index contributed by atoms with van der Waals surface area (Å²) < 4.78 is 27.4. The summed E-state index contributed by atoms with van der Waals surface area (Å²) in [5, 5.41) is 9.11. The second kappa shape index (κ2) is 5.75. The minimum atomic E-state index is -3.67. The zero-order valence-electron chi connectivity index (χ0n) is 11.3. The van der Waals surface area contributed by atoms with Crippen LogP contribution in [-0.2, 0) is 10.0 Å². The number of hydrogen-bond donors (Lipinski definition) is 2. The molecule has 1 aromatic carbocycles. The molecular weight excluding hydrogens is 298 g/mol. The molecule has 0 radical (unpaired) electrons. The van der Waals surface area contributed by atoms with Crippen LogP contribution in [0.25, 0.3) is 0 Å². The van der Waals surface area contributed by atoms with E-state index in [0.29, 0.717) is 11.1 Å². The Balaban J connectivity index is 2.40. The van der Waals surface area contributed by atoms with Gasteiger partial charge in [-0.1, -0.05) is 6.07 Å². The summed E-state index contributed by atoms with van der Waals surface area (Å²) in [6, 6.07) is 2.78. The predicted octanol–water partition coefficient (Wildman–Crippen LogP) is 1.79. The average molecular weight is 315 g/mol. The monoisotopic (exact) mass is 315 g/mol. The van der Waals surface area contributed by atoms with E-state index in [9.17, 15) is 13.2 Å². The van der Waals surface area contributed by atoms with Crippen molar-refractivity contribution in [2.45, 2.75) is 31.2 Å². The Morgan fingerprint density at radius 2 is 2.05 bits per heavy atom. The second-order valence-corrected chi connectivity index (χ2v) is 7.75. The molecule has 1 saturated heterocycles. The van der Waals surface area contributed by atoms with Gasteiger partial charge in [-0.2, -0.15) is 11.8 Å². The van der Waals surface area contributed by atoms with Crippen molar-refractivity contribution in [1.82, 2.24) is 4.72 Å². The van der Waals surface area contributed by atoms with E-state index in [-0.39, 0.29) is 16.5 Å². The lowest BCUT2D eigenvalue weighted by molar-refractivity contribution is 0.0696. The van der Waals surface area contributed by atoms with E-state index >= 15 is 0 Å². The van der Waals surface area contributed by atoms with Crippen LogP contribution in [0.2, 0.25) is 0 Å². The molecule has 2 rings (SSSR count). The summed E-state index contributed by atoms with van der Waals surface area (Å²) in [6.45, 7) is 3.34. The van der Waals surface area contributed by atoms with Crippen molar-refractivity contribution in [2.24, 2.45) is 0 Å². The molecule has 0 bridgehead atoms. The molecule has 1 atom stereocenters. The minimum Gasteiger partial charge on any atom is -0.478 e. The highest BCUT2D eigenvalue weighted by Gasteiger charge is 2.25. The van der Waals surface area contributed by atoms with Gasteiger partial charge < -0.3 is 5.11 Å². The van der Waals surface area contributed by atoms with Gasteiger partial charge in [0.2, 0.25) is 10.0 Å². The average Bonchev–Trinajstić information content (AvgIpc) is 2.79. The zero-order valence-corrected chi connectivity index (χ0v) is 13.0. The van der Waals surface area contributed by atoms with Gasteiger partial charge in [-0.3, -0.25) is 0 Å². The Hall–Kier alpha value is -1.05. The fourth-order valence-corrected chi connectivity index (χ4v) is 5.04. The van der Waals surface area contributed by atoms with Crippen LogP contribution in [0.1, 0.15) is 27.9 Å². The molecule has 0 amide bonds. The van der Waals surface area contributed by atoms with Crippen molar-refractivity contribution in [2.75, 3.05) is 11.5 Å². The summed E-state index contributed by atoms with van der Waals surface area (Å²) in [4.78, 5) is 11.2. The third-order valence-electron chi connectivity index (χ3n) is 3.29. The summed E-state index contributed by atoms with van der Waals surface area (Å²) in [5.41, 5.74) is 1.15. The van der Waals surface area contributed by atoms with Crippen LogP contribution in [0.3, 0.4) is 0 Å². The maximum Gasteiger partial charge on any atom is 0.335 e. The number of nitrogens with one attached hydrogen (secondary N) is 1. The van der Waals surface area contributed by atoms with Crippen LogP contribution >= 0.6 is 11.8 Å². The molecule has 20 heavy (non-hydrogen) atoms. The maximum absolute atomic E-state index is 12.4. The number of aryl methyl sites for hydroxylation is 2. The Morgan fingerprint density at radius 3 is 2.60 bits per heavy atom. The molecule has 1 aliphatic rings. The van der Waals surface area contributed by atoms with Gasteiger partial charge in [0, 0.05) is 11.8 Å². The summed E-state index contributed by atoms with van der Waals surface area (Å²) in [6.07, 6.45) is 0.806. The fraction of sp³-hybridized carbons (Fsp3) is 0.462. The molecule has 5 nitrogen and oxygen atoms in total. The number of benzene rings is 1. The Labute approximate surface area is 122 Å². The standard InChI is InChI=1S/C13H17NO4S2/c1-8-5-9(2)12(6-11(8)13(15)16)20(17,18)14-10-3-4-19-7-10/h5-6,10,14H,3-4,7H2,1-2H3,(H,15,16). The second-order valence-electron chi connectivity index (χ2n) is 4.92. The van der Waals surface area contributed by atoms with E-state index in [1.807, 2.05) is 0 Å². The van der Waals surface area contributed by atoms with Gasteiger partial charge in [0.1, 0.15) is 0 Å². The molecule has 1 heterocycles. The first-order chi connectivity index (χ1) is 9.31. The van der Waals surface area contributed by atoms with E-state index in [2.05, 4.69) is 4.72 Å². The Kier molecular flexibility index (Phi) is 4.41. The molecule has 0 spiro atoms. The molecule has 0 saturated carbocycles. The third-order valence-corrected chi connectivity index (χ3v) is 6.12. The van der Waals surface area contributed by atoms with Gasteiger partial charge in [-0.25, -0.2) is 17.9 Å². The van der Waals surface area contributed by atoms with E-state index in [4.69, 9.17) is 5.11 Å². The van der Waals surface area contributed by atoms with Crippen molar-refractivity contribution in [3.63, 3.8) is 0 Å². The van der Waals surface area contributed by atoms with Gasteiger partial charge >= 0.3 is 5.97 Å². The first kappa shape index (κ1) is 15.3. The van der Waals surface area contributed by atoms with Crippen LogP contribution < -0.4 is 4.72 Å². The maximum atomic E-state index is 12.4. The number of hydrogen-bond acceptors (Lipinski definition) is 4. The number of carboxylic acids is 1. The molecule has 1 unspecified atom stereocenters. The Morgan fingerprint density at radius 1 is 1.35 bits per heavy atom. The van der Waals surface area contributed by atoms with E-state index in [1.165, 1.54) is 6.07 Å². The van der Waals surface area contributed by atoms with Crippen LogP contribution in [0.15, 0.2) is 17.0 Å². The normalized spacial score (nSPS) is 19.2. The molecule has 0 aliphatic carbocycles. The van der Waals surface area contributed by atoms with E-state index in [0.717, 1.165) is 17.9 Å². The SMILES string of the molecule is Cc1cc(C)c(S(=O)(=O)NC2CCSC2)cc1C(=O)O. The first-order valence-corrected chi connectivity index (χ1v) is 8.89. The number of aromatic carboxylic acids is 1. The van der Waals surface area contributed by atoms with Crippen LogP contribution in [0, 0.1) is 13.8 Å². The molecule has 1 fully saturated rings. The number of carboxylic acid groups (broad SMARTS) is 1. The van der Waals surface area contributed by atoms with Crippen LogP contribution in [-0.4, -0.2) is 37.0 Å². The smallest absolute Gasteiger partial charge is 0.335 e. The third kappa shape index (κ3) is 3.16. The molecule has 0 aromatic heterocycles. The van der Waals surface area contributed by atoms with Crippen molar-refractivity contribution >= 4 is 27.8 Å². The number of carbonyl (C=O) groups is 1. The molecule has 2 N–H and O–H groups in total. The van der Waals surface area contributed by atoms with Gasteiger partial charge in [-0.15, -0.1) is 0 Å². The lowest BCUT2D eigenvalue weighted by Crippen LogP contribution is -2.35. The molecule has 1 aromatic rings. The number of rotatable bonds is 4. The van der Waals surface area contributed by atoms with Crippen molar-refractivity contribution < 1.29 is 18.3 Å². The van der Waals surface area contributed by atoms with Crippen molar-refractivity contribution in [1.29, 1.82) is 0 Å². The van der Waals surface area contributed by atoms with Crippen LogP contribution in [0.4, 0.5) is 0 Å². The number of thioether (sulfide) groups is 1.